The number of thioether (sulfide) groups is 1. The van der Waals surface area contributed by atoms with E-state index in [4.69, 9.17) is 5.73 Å². The van der Waals surface area contributed by atoms with Crippen LogP contribution in [0, 0.1) is 11.6 Å². The van der Waals surface area contributed by atoms with Crippen molar-refractivity contribution in [3.8, 4) is 0 Å². The molecule has 0 aromatic heterocycles. The maximum Gasteiger partial charge on any atom is 0.159 e. The molecule has 1 unspecified atom stereocenters. The highest BCUT2D eigenvalue weighted by Crippen LogP contribution is 2.26. The van der Waals surface area contributed by atoms with Gasteiger partial charge in [-0.05, 0) is 42.0 Å². The first kappa shape index (κ1) is 14.0. The van der Waals surface area contributed by atoms with Gasteiger partial charge in [-0.15, -0.1) is 11.8 Å². The first-order chi connectivity index (χ1) is 9.11. The first-order valence-electron chi connectivity index (χ1n) is 5.94. The van der Waals surface area contributed by atoms with Crippen LogP contribution in [-0.2, 0) is 6.42 Å². The Balaban J connectivity index is 2.20. The largest absolute Gasteiger partial charge is 0.324 e. The van der Waals surface area contributed by atoms with Gasteiger partial charge >= 0.3 is 0 Å². The summed E-state index contributed by atoms with van der Waals surface area (Å²) in [5.74, 6) is -1.66. The molecule has 0 saturated carbocycles. The van der Waals surface area contributed by atoms with Crippen LogP contribution >= 0.6 is 11.8 Å². The van der Waals surface area contributed by atoms with Crippen LogP contribution in [0.25, 0.3) is 0 Å². The third-order valence-corrected chi connectivity index (χ3v) is 3.79. The van der Waals surface area contributed by atoms with E-state index in [1.807, 2.05) is 30.5 Å². The van der Waals surface area contributed by atoms with Crippen LogP contribution < -0.4 is 5.73 Å². The summed E-state index contributed by atoms with van der Waals surface area (Å²) in [5, 5.41) is 0. The summed E-state index contributed by atoms with van der Waals surface area (Å²) in [5.41, 5.74) is 7.89. The molecular weight excluding hydrogens is 264 g/mol. The van der Waals surface area contributed by atoms with Crippen LogP contribution in [0.3, 0.4) is 0 Å². The van der Waals surface area contributed by atoms with Crippen LogP contribution in [0.4, 0.5) is 8.78 Å². The fourth-order valence-corrected chi connectivity index (χ4v) is 2.67. The van der Waals surface area contributed by atoms with E-state index in [-0.39, 0.29) is 6.04 Å². The number of hydrogen-bond donors (Lipinski definition) is 1. The van der Waals surface area contributed by atoms with Gasteiger partial charge in [0.25, 0.3) is 0 Å². The lowest BCUT2D eigenvalue weighted by Crippen LogP contribution is -2.14. The smallest absolute Gasteiger partial charge is 0.159 e. The minimum absolute atomic E-state index is 0.228. The van der Waals surface area contributed by atoms with Crippen molar-refractivity contribution in [1.82, 2.24) is 0 Å². The SMILES string of the molecule is CSc1ccccc1C(N)Cc1ccc(F)c(F)c1. The monoisotopic (exact) mass is 279 g/mol. The Bertz CT molecular complexity index is 572. The van der Waals surface area contributed by atoms with Crippen LogP contribution in [-0.4, -0.2) is 6.26 Å². The zero-order chi connectivity index (χ0) is 13.8. The molecule has 0 bridgehead atoms. The molecule has 0 amide bonds. The van der Waals surface area contributed by atoms with E-state index in [2.05, 4.69) is 0 Å². The fraction of sp³-hybridized carbons (Fsp3) is 0.200. The summed E-state index contributed by atoms with van der Waals surface area (Å²) in [7, 11) is 0. The van der Waals surface area contributed by atoms with Crippen LogP contribution in [0.5, 0.6) is 0 Å². The topological polar surface area (TPSA) is 26.0 Å². The molecule has 2 rings (SSSR count). The molecule has 2 N–H and O–H groups in total. The summed E-state index contributed by atoms with van der Waals surface area (Å²) >= 11 is 1.63. The van der Waals surface area contributed by atoms with Crippen LogP contribution in [0.15, 0.2) is 47.4 Å². The predicted octanol–water partition coefficient (Wildman–Crippen LogP) is 3.93. The quantitative estimate of drug-likeness (QED) is 0.858. The van der Waals surface area contributed by atoms with Crippen molar-refractivity contribution in [2.45, 2.75) is 17.4 Å². The van der Waals surface area contributed by atoms with Crippen molar-refractivity contribution in [2.24, 2.45) is 5.73 Å². The predicted molar refractivity (Wildman–Crippen MR) is 75.2 cm³/mol. The van der Waals surface area contributed by atoms with Crippen LogP contribution in [0.2, 0.25) is 0 Å². The fourth-order valence-electron chi connectivity index (χ4n) is 2.00. The first-order valence-corrected chi connectivity index (χ1v) is 7.16. The zero-order valence-electron chi connectivity index (χ0n) is 10.6. The highest BCUT2D eigenvalue weighted by molar-refractivity contribution is 7.98. The summed E-state index contributed by atoms with van der Waals surface area (Å²) < 4.78 is 26.0. The van der Waals surface area contributed by atoms with Crippen molar-refractivity contribution in [2.75, 3.05) is 6.26 Å². The molecule has 2 aromatic carbocycles. The van der Waals surface area contributed by atoms with Gasteiger partial charge in [0.05, 0.1) is 0 Å². The second-order valence-electron chi connectivity index (χ2n) is 4.30. The Hall–Kier alpha value is -1.39. The molecule has 100 valence electrons. The normalized spacial score (nSPS) is 12.4. The number of benzene rings is 2. The van der Waals surface area contributed by atoms with E-state index in [1.165, 1.54) is 6.07 Å². The van der Waals surface area contributed by atoms with Gasteiger partial charge in [-0.1, -0.05) is 24.3 Å². The molecule has 0 saturated heterocycles. The second kappa shape index (κ2) is 6.17. The molecule has 0 spiro atoms. The van der Waals surface area contributed by atoms with Gasteiger partial charge in [-0.25, -0.2) is 8.78 Å². The van der Waals surface area contributed by atoms with Crippen molar-refractivity contribution < 1.29 is 8.78 Å². The summed E-state index contributed by atoms with van der Waals surface area (Å²) in [6, 6.07) is 11.5. The summed E-state index contributed by atoms with van der Waals surface area (Å²) in [6.45, 7) is 0. The average Bonchev–Trinajstić information content (AvgIpc) is 2.43. The third kappa shape index (κ3) is 3.33. The zero-order valence-corrected chi connectivity index (χ0v) is 11.4. The summed E-state index contributed by atoms with van der Waals surface area (Å²) in [4.78, 5) is 1.11. The average molecular weight is 279 g/mol. The van der Waals surface area contributed by atoms with Crippen molar-refractivity contribution in [3.63, 3.8) is 0 Å². The number of hydrogen-bond acceptors (Lipinski definition) is 2. The van der Waals surface area contributed by atoms with E-state index in [0.717, 1.165) is 16.5 Å². The lowest BCUT2D eigenvalue weighted by molar-refractivity contribution is 0.506. The Labute approximate surface area is 115 Å². The highest BCUT2D eigenvalue weighted by atomic mass is 32.2. The van der Waals surface area contributed by atoms with Gasteiger partial charge in [0.2, 0.25) is 0 Å². The molecule has 2 aromatic rings. The third-order valence-electron chi connectivity index (χ3n) is 2.98. The maximum atomic E-state index is 13.2. The van der Waals surface area contributed by atoms with Gasteiger partial charge in [0, 0.05) is 10.9 Å². The summed E-state index contributed by atoms with van der Waals surface area (Å²) in [6.07, 6.45) is 2.47. The molecule has 0 aliphatic carbocycles. The molecule has 1 nitrogen and oxygen atoms in total. The Morgan fingerprint density at radius 3 is 2.53 bits per heavy atom. The van der Waals surface area contributed by atoms with Crippen molar-refractivity contribution in [1.29, 1.82) is 0 Å². The molecule has 0 aliphatic heterocycles. The van der Waals surface area contributed by atoms with E-state index < -0.39 is 11.6 Å². The van der Waals surface area contributed by atoms with E-state index in [1.54, 1.807) is 17.8 Å². The Kier molecular flexibility index (Phi) is 4.56. The van der Waals surface area contributed by atoms with Gasteiger partial charge in [-0.2, -0.15) is 0 Å². The van der Waals surface area contributed by atoms with E-state index in [9.17, 15) is 8.78 Å². The molecule has 0 aliphatic rings. The van der Waals surface area contributed by atoms with Crippen molar-refractivity contribution >= 4 is 11.8 Å². The standard InChI is InChI=1S/C15H15F2NS/c1-19-15-5-3-2-4-11(15)14(18)9-10-6-7-12(16)13(17)8-10/h2-8,14H,9,18H2,1H3. The molecule has 0 fully saturated rings. The lowest BCUT2D eigenvalue weighted by atomic mass is 9.99. The highest BCUT2D eigenvalue weighted by Gasteiger charge is 2.12. The molecule has 0 radical (unpaired) electrons. The minimum Gasteiger partial charge on any atom is -0.324 e. The number of halogens is 2. The number of nitrogens with two attached hydrogens (primary N) is 1. The molecule has 0 heterocycles. The van der Waals surface area contributed by atoms with Gasteiger partial charge < -0.3 is 5.73 Å². The molecule has 1 atom stereocenters. The van der Waals surface area contributed by atoms with Crippen LogP contribution in [0.1, 0.15) is 17.2 Å². The maximum absolute atomic E-state index is 13.2. The Morgan fingerprint density at radius 2 is 1.84 bits per heavy atom. The lowest BCUT2D eigenvalue weighted by Gasteiger charge is -2.15. The van der Waals surface area contributed by atoms with Gasteiger partial charge in [-0.3, -0.25) is 0 Å². The van der Waals surface area contributed by atoms with E-state index in [0.29, 0.717) is 12.0 Å². The molecule has 19 heavy (non-hydrogen) atoms. The Morgan fingerprint density at radius 1 is 1.11 bits per heavy atom. The minimum atomic E-state index is -0.832. The van der Waals surface area contributed by atoms with Crippen molar-refractivity contribution in [3.05, 3.63) is 65.2 Å². The van der Waals surface area contributed by atoms with Gasteiger partial charge in [0.1, 0.15) is 0 Å². The van der Waals surface area contributed by atoms with Gasteiger partial charge in [0.15, 0.2) is 11.6 Å². The molecule has 4 heteroatoms. The second-order valence-corrected chi connectivity index (χ2v) is 5.15. The van der Waals surface area contributed by atoms with E-state index >= 15 is 0 Å². The molecular formula is C15H15F2NS. The number of rotatable bonds is 4.